The first-order valence-electron chi connectivity index (χ1n) is 12.7. The summed E-state index contributed by atoms with van der Waals surface area (Å²) in [6.07, 6.45) is 10.0. The van der Waals surface area contributed by atoms with E-state index in [9.17, 15) is 0 Å². The van der Waals surface area contributed by atoms with Crippen molar-refractivity contribution in [2.24, 2.45) is 9.98 Å². The molecule has 5 heteroatoms. The molecule has 1 aromatic carbocycles. The first kappa shape index (κ1) is 27.5. The maximum absolute atomic E-state index is 6.35. The Morgan fingerprint density at radius 2 is 1.85 bits per heavy atom. The molecule has 1 saturated heterocycles. The molecule has 2 aliphatic rings. The summed E-state index contributed by atoms with van der Waals surface area (Å²) in [5.74, 6) is 0. The molecular weight excluding hydrogens is 428 g/mol. The molecule has 4 nitrogen and oxygen atoms in total. The van der Waals surface area contributed by atoms with Crippen LogP contribution >= 0.6 is 11.6 Å². The minimum Gasteiger partial charge on any atom is -0.301 e. The second-order valence-corrected chi connectivity index (χ2v) is 8.82. The van der Waals surface area contributed by atoms with E-state index in [0.717, 1.165) is 69.1 Å². The smallest absolute Gasteiger partial charge is 0.0782 e. The average Bonchev–Trinajstić information content (AvgIpc) is 3.00. The van der Waals surface area contributed by atoms with E-state index in [0.29, 0.717) is 6.04 Å². The third-order valence-corrected chi connectivity index (χ3v) is 6.78. The van der Waals surface area contributed by atoms with Gasteiger partial charge in [0.2, 0.25) is 0 Å². The Kier molecular flexibility index (Phi) is 12.1. The van der Waals surface area contributed by atoms with Crippen LogP contribution in [0.4, 0.5) is 0 Å². The van der Waals surface area contributed by atoms with Crippen molar-refractivity contribution in [3.8, 4) is 0 Å². The van der Waals surface area contributed by atoms with Crippen LogP contribution in [0, 0.1) is 0 Å². The van der Waals surface area contributed by atoms with Gasteiger partial charge in [0.15, 0.2) is 0 Å². The lowest BCUT2D eigenvalue weighted by molar-refractivity contribution is 0.105. The summed E-state index contributed by atoms with van der Waals surface area (Å²) in [7, 11) is 0. The van der Waals surface area contributed by atoms with Crippen LogP contribution in [0.5, 0.6) is 0 Å². The van der Waals surface area contributed by atoms with Crippen molar-refractivity contribution in [3.63, 3.8) is 0 Å². The van der Waals surface area contributed by atoms with Crippen LogP contribution in [0.15, 0.2) is 52.1 Å². The van der Waals surface area contributed by atoms with Gasteiger partial charge < -0.3 is 4.90 Å². The van der Waals surface area contributed by atoms with Gasteiger partial charge in [-0.2, -0.15) is 0 Å². The predicted molar refractivity (Wildman–Crippen MR) is 146 cm³/mol. The number of aryl methyl sites for hydroxylation is 1. The lowest BCUT2D eigenvalue weighted by Gasteiger charge is -2.40. The topological polar surface area (TPSA) is 31.2 Å². The Balaban J connectivity index is 0.00000187. The van der Waals surface area contributed by atoms with Gasteiger partial charge in [-0.25, -0.2) is 0 Å². The van der Waals surface area contributed by atoms with Crippen LogP contribution in [-0.4, -0.2) is 61.0 Å². The zero-order valence-electron chi connectivity index (χ0n) is 21.4. The number of halogens is 1. The summed E-state index contributed by atoms with van der Waals surface area (Å²) >= 11 is 6.35. The molecule has 1 fully saturated rings. The Morgan fingerprint density at radius 1 is 1.12 bits per heavy atom. The molecule has 0 amide bonds. The molecule has 1 heterocycles. The van der Waals surface area contributed by atoms with Gasteiger partial charge in [-0.3, -0.25) is 14.9 Å². The summed E-state index contributed by atoms with van der Waals surface area (Å²) in [5.41, 5.74) is 5.08. The van der Waals surface area contributed by atoms with Crippen LogP contribution in [-0.2, 0) is 6.42 Å². The highest BCUT2D eigenvalue weighted by atomic mass is 35.5. The molecule has 33 heavy (non-hydrogen) atoms. The summed E-state index contributed by atoms with van der Waals surface area (Å²) < 4.78 is 0. The lowest BCUT2D eigenvalue weighted by atomic mass is 9.96. The maximum Gasteiger partial charge on any atom is 0.0782 e. The molecule has 0 saturated carbocycles. The van der Waals surface area contributed by atoms with E-state index in [4.69, 9.17) is 16.6 Å². The Bertz CT molecular complexity index is 834. The number of hydrogen-bond acceptors (Lipinski definition) is 4. The Hall–Kier alpha value is -1.75. The van der Waals surface area contributed by atoms with Crippen molar-refractivity contribution in [1.82, 2.24) is 9.80 Å². The van der Waals surface area contributed by atoms with E-state index in [1.54, 1.807) is 0 Å². The van der Waals surface area contributed by atoms with Crippen molar-refractivity contribution in [3.05, 3.63) is 58.3 Å². The van der Waals surface area contributed by atoms with Crippen LogP contribution in [0.3, 0.4) is 0 Å². The summed E-state index contributed by atoms with van der Waals surface area (Å²) in [4.78, 5) is 14.7. The molecule has 182 valence electrons. The predicted octanol–water partition coefficient (Wildman–Crippen LogP) is 6.76. The molecule has 1 aliphatic heterocycles. The number of piperazine rings is 1. The van der Waals surface area contributed by atoms with Gasteiger partial charge in [-0.05, 0) is 74.6 Å². The number of fused-ring (bicyclic) bond motifs is 1. The van der Waals surface area contributed by atoms with Crippen LogP contribution < -0.4 is 0 Å². The van der Waals surface area contributed by atoms with E-state index >= 15 is 0 Å². The molecule has 3 rings (SSSR count). The highest BCUT2D eigenvalue weighted by Crippen LogP contribution is 2.39. The van der Waals surface area contributed by atoms with Crippen molar-refractivity contribution in [1.29, 1.82) is 0 Å². The molecule has 0 N–H and O–H groups in total. The lowest BCUT2D eigenvalue weighted by Crippen LogP contribution is -2.48. The van der Waals surface area contributed by atoms with Crippen LogP contribution in [0.2, 0.25) is 5.02 Å². The van der Waals surface area contributed by atoms with Gasteiger partial charge in [-0.15, -0.1) is 0 Å². The van der Waals surface area contributed by atoms with E-state index in [1.165, 1.54) is 16.7 Å². The van der Waals surface area contributed by atoms with Crippen LogP contribution in [0.25, 0.3) is 0 Å². The van der Waals surface area contributed by atoms with Gasteiger partial charge in [0.1, 0.15) is 0 Å². The number of benzene rings is 1. The Morgan fingerprint density at radius 3 is 2.45 bits per heavy atom. The van der Waals surface area contributed by atoms with Crippen molar-refractivity contribution >= 4 is 24.0 Å². The van der Waals surface area contributed by atoms with Crippen molar-refractivity contribution in [2.45, 2.75) is 72.4 Å². The molecule has 2 atom stereocenters. The van der Waals surface area contributed by atoms with E-state index < -0.39 is 0 Å². The normalized spacial score (nSPS) is 21.0. The van der Waals surface area contributed by atoms with Gasteiger partial charge in [0, 0.05) is 44.0 Å². The number of aliphatic imine (C=N–C) groups is 2. The third kappa shape index (κ3) is 7.37. The molecule has 1 aliphatic carbocycles. The van der Waals surface area contributed by atoms with Gasteiger partial charge >= 0.3 is 0 Å². The van der Waals surface area contributed by atoms with Gasteiger partial charge in [-0.1, -0.05) is 51.1 Å². The van der Waals surface area contributed by atoms with E-state index in [2.05, 4.69) is 40.4 Å². The van der Waals surface area contributed by atoms with Crippen molar-refractivity contribution in [2.75, 3.05) is 32.7 Å². The first-order chi connectivity index (χ1) is 16.1. The fourth-order valence-corrected chi connectivity index (χ4v) is 5.01. The highest BCUT2D eigenvalue weighted by molar-refractivity contribution is 6.30. The highest BCUT2D eigenvalue weighted by Gasteiger charge is 2.32. The quantitative estimate of drug-likeness (QED) is 0.393. The third-order valence-electron chi connectivity index (χ3n) is 6.55. The number of rotatable bonds is 8. The zero-order valence-corrected chi connectivity index (χ0v) is 22.1. The molecule has 0 spiro atoms. The summed E-state index contributed by atoms with van der Waals surface area (Å²) in [6.45, 7) is 19.7. The second kappa shape index (κ2) is 14.5. The monoisotopic (exact) mass is 470 g/mol. The molecule has 0 aromatic heterocycles. The molecule has 0 bridgehead atoms. The molecule has 1 aromatic rings. The molecule has 0 radical (unpaired) electrons. The average molecular weight is 471 g/mol. The largest absolute Gasteiger partial charge is 0.301 e. The van der Waals surface area contributed by atoms with E-state index in [1.807, 2.05) is 52.3 Å². The van der Waals surface area contributed by atoms with Gasteiger partial charge in [0.25, 0.3) is 0 Å². The summed E-state index contributed by atoms with van der Waals surface area (Å²) in [6, 6.07) is 6.98. The fraction of sp³-hybridized carbons (Fsp3) is 0.571. The number of hydrogen-bond donors (Lipinski definition) is 0. The SMILES string of the molecule is C=CC1=C(N=CC)C(N2CCN(CCC(CC)N=CC)CC2)c2ccc(Cl)cc2CC1.CC. The number of nitrogens with zero attached hydrogens (tertiary/aromatic N) is 4. The Labute approximate surface area is 207 Å². The fourth-order valence-electron chi connectivity index (χ4n) is 4.82. The minimum absolute atomic E-state index is 0.161. The maximum atomic E-state index is 6.35. The molecule has 2 unspecified atom stereocenters. The van der Waals surface area contributed by atoms with Crippen LogP contribution in [0.1, 0.15) is 71.0 Å². The molecular formula is C28H43ClN4. The number of allylic oxidation sites excluding steroid dienone is 2. The van der Waals surface area contributed by atoms with E-state index in [-0.39, 0.29) is 6.04 Å². The van der Waals surface area contributed by atoms with Gasteiger partial charge in [0.05, 0.1) is 17.8 Å². The van der Waals surface area contributed by atoms with Crippen molar-refractivity contribution < 1.29 is 0 Å². The second-order valence-electron chi connectivity index (χ2n) is 8.38. The minimum atomic E-state index is 0.161. The first-order valence-corrected chi connectivity index (χ1v) is 13.1. The zero-order chi connectivity index (χ0) is 24.2. The summed E-state index contributed by atoms with van der Waals surface area (Å²) in [5, 5.41) is 0.810. The standard InChI is InChI=1S/C26H37ClN4.C2H6/c1-5-20-9-10-21-19-22(27)11-12-24(21)26(25(20)29-8-4)31-17-15-30(16-18-31)14-13-23(6-2)28-7-3;1-2/h5,7-8,11-12,19,23,26H,1,6,9-10,13-18H2,2-4H3;1-2H3.